The van der Waals surface area contributed by atoms with Crippen LogP contribution in [-0.4, -0.2) is 17.1 Å². The Morgan fingerprint density at radius 1 is 1.30 bits per heavy atom. The average molecular weight is 273 g/mol. The molecule has 1 heterocycles. The van der Waals surface area contributed by atoms with Gasteiger partial charge in [-0.2, -0.15) is 0 Å². The van der Waals surface area contributed by atoms with Crippen molar-refractivity contribution in [3.63, 3.8) is 0 Å². The Morgan fingerprint density at radius 2 is 2.10 bits per heavy atom. The lowest BCUT2D eigenvalue weighted by molar-refractivity contribution is -0.144. The number of ether oxygens (including phenoxy) is 1. The molecule has 0 aliphatic rings. The minimum absolute atomic E-state index is 0.164. The fraction of sp³-hybridized carbons (Fsp3) is 0.471. The first-order chi connectivity index (χ1) is 9.60. The third-order valence-electron chi connectivity index (χ3n) is 3.50. The number of esters is 1. The normalized spacial score (nSPS) is 11.2. The van der Waals surface area contributed by atoms with Crippen LogP contribution in [0, 0.1) is 5.92 Å². The van der Waals surface area contributed by atoms with E-state index in [-0.39, 0.29) is 12.5 Å². The van der Waals surface area contributed by atoms with Crippen molar-refractivity contribution in [2.24, 2.45) is 5.92 Å². The minimum atomic E-state index is -0.164. The molecular weight excluding hydrogens is 250 g/mol. The summed E-state index contributed by atoms with van der Waals surface area (Å²) in [4.78, 5) is 11.8. The van der Waals surface area contributed by atoms with Gasteiger partial charge in [0.15, 0.2) is 0 Å². The fourth-order valence-electron chi connectivity index (χ4n) is 2.20. The Morgan fingerprint density at radius 3 is 2.80 bits per heavy atom. The van der Waals surface area contributed by atoms with Crippen molar-refractivity contribution in [3.05, 3.63) is 36.0 Å². The topological polar surface area (TPSA) is 31.2 Å². The molecule has 0 aliphatic heterocycles. The highest BCUT2D eigenvalue weighted by Gasteiger charge is 2.08. The summed E-state index contributed by atoms with van der Waals surface area (Å²) in [6.07, 6.45) is 3.89. The lowest BCUT2D eigenvalue weighted by Gasteiger charge is -2.08. The highest BCUT2D eigenvalue weighted by atomic mass is 16.5. The lowest BCUT2D eigenvalue weighted by Crippen LogP contribution is -2.14. The maximum atomic E-state index is 11.8. The van der Waals surface area contributed by atoms with E-state index in [0.717, 1.165) is 18.4 Å². The molecule has 0 bridgehead atoms. The Balaban J connectivity index is 2.01. The summed E-state index contributed by atoms with van der Waals surface area (Å²) in [5, 5.41) is 1.18. The quantitative estimate of drug-likeness (QED) is 0.750. The number of hydrogen-bond donors (Lipinski definition) is 0. The van der Waals surface area contributed by atoms with Crippen LogP contribution in [0.25, 0.3) is 10.9 Å². The number of carbonyl (C=O) groups is 1. The summed E-state index contributed by atoms with van der Waals surface area (Å²) in [5.41, 5.74) is 2.40. The third-order valence-corrected chi connectivity index (χ3v) is 3.50. The SMILES string of the molecule is CCc1ccc2c(ccn2CC(=O)OCCC(C)C)c1. The Kier molecular flexibility index (Phi) is 4.83. The average Bonchev–Trinajstić information content (AvgIpc) is 2.80. The van der Waals surface area contributed by atoms with Gasteiger partial charge in [-0.05, 0) is 47.9 Å². The first-order valence-corrected chi connectivity index (χ1v) is 7.33. The molecule has 20 heavy (non-hydrogen) atoms. The number of nitrogens with zero attached hydrogens (tertiary/aromatic N) is 1. The van der Waals surface area contributed by atoms with Crippen LogP contribution in [0.1, 0.15) is 32.8 Å². The summed E-state index contributed by atoms with van der Waals surface area (Å²) < 4.78 is 7.21. The van der Waals surface area contributed by atoms with Crippen molar-refractivity contribution in [1.29, 1.82) is 0 Å². The minimum Gasteiger partial charge on any atom is -0.464 e. The Labute approximate surface area is 120 Å². The monoisotopic (exact) mass is 273 g/mol. The van der Waals surface area contributed by atoms with Crippen LogP contribution in [0.3, 0.4) is 0 Å². The fourth-order valence-corrected chi connectivity index (χ4v) is 2.20. The molecule has 0 radical (unpaired) electrons. The van der Waals surface area contributed by atoms with Crippen molar-refractivity contribution >= 4 is 16.9 Å². The van der Waals surface area contributed by atoms with Gasteiger partial charge in [0, 0.05) is 11.7 Å². The Hall–Kier alpha value is -1.77. The summed E-state index contributed by atoms with van der Waals surface area (Å²) in [6.45, 7) is 7.18. The molecule has 0 saturated carbocycles. The number of aromatic nitrogens is 1. The van der Waals surface area contributed by atoms with Gasteiger partial charge in [0.1, 0.15) is 6.54 Å². The predicted octanol–water partition coefficient (Wildman–Crippen LogP) is 3.79. The first-order valence-electron chi connectivity index (χ1n) is 7.33. The van der Waals surface area contributed by atoms with Crippen LogP contribution in [0.15, 0.2) is 30.5 Å². The van der Waals surface area contributed by atoms with E-state index in [0.29, 0.717) is 12.5 Å². The molecule has 2 rings (SSSR count). The standard InChI is InChI=1S/C17H23NO2/c1-4-14-5-6-16-15(11-14)7-9-18(16)12-17(19)20-10-8-13(2)3/h5-7,9,11,13H,4,8,10,12H2,1-3H3. The van der Waals surface area contributed by atoms with Crippen LogP contribution in [0.2, 0.25) is 0 Å². The largest absolute Gasteiger partial charge is 0.464 e. The van der Waals surface area contributed by atoms with Crippen LogP contribution in [0.4, 0.5) is 0 Å². The molecule has 108 valence electrons. The van der Waals surface area contributed by atoms with E-state index in [9.17, 15) is 4.79 Å². The molecule has 1 aromatic heterocycles. The number of hydrogen-bond acceptors (Lipinski definition) is 2. The van der Waals surface area contributed by atoms with Gasteiger partial charge in [0.25, 0.3) is 0 Å². The number of benzene rings is 1. The van der Waals surface area contributed by atoms with E-state index in [1.807, 2.05) is 10.8 Å². The third kappa shape index (κ3) is 3.62. The summed E-state index contributed by atoms with van der Waals surface area (Å²) in [6, 6.07) is 8.42. The lowest BCUT2D eigenvalue weighted by atomic mass is 10.1. The molecule has 0 saturated heterocycles. The zero-order chi connectivity index (χ0) is 14.5. The van der Waals surface area contributed by atoms with E-state index in [2.05, 4.69) is 45.0 Å². The number of aryl methyl sites for hydroxylation is 1. The maximum absolute atomic E-state index is 11.8. The molecule has 0 spiro atoms. The van der Waals surface area contributed by atoms with Crippen LogP contribution < -0.4 is 0 Å². The van der Waals surface area contributed by atoms with Crippen LogP contribution in [0.5, 0.6) is 0 Å². The van der Waals surface area contributed by atoms with Gasteiger partial charge in [-0.3, -0.25) is 4.79 Å². The molecule has 3 heteroatoms. The molecule has 0 atom stereocenters. The van der Waals surface area contributed by atoms with Gasteiger partial charge in [0.05, 0.1) is 6.61 Å². The van der Waals surface area contributed by atoms with Crippen molar-refractivity contribution in [1.82, 2.24) is 4.57 Å². The molecule has 3 nitrogen and oxygen atoms in total. The second kappa shape index (κ2) is 6.60. The molecule has 0 N–H and O–H groups in total. The smallest absolute Gasteiger partial charge is 0.325 e. The molecule has 0 unspecified atom stereocenters. The molecule has 2 aromatic rings. The molecule has 0 fully saturated rings. The zero-order valence-electron chi connectivity index (χ0n) is 12.6. The van der Waals surface area contributed by atoms with Crippen molar-refractivity contribution < 1.29 is 9.53 Å². The van der Waals surface area contributed by atoms with Crippen molar-refractivity contribution in [3.8, 4) is 0 Å². The highest BCUT2D eigenvalue weighted by Crippen LogP contribution is 2.18. The van der Waals surface area contributed by atoms with E-state index in [4.69, 9.17) is 4.74 Å². The number of carbonyl (C=O) groups excluding carboxylic acids is 1. The van der Waals surface area contributed by atoms with Gasteiger partial charge in [-0.15, -0.1) is 0 Å². The van der Waals surface area contributed by atoms with Crippen molar-refractivity contribution in [2.45, 2.75) is 40.2 Å². The second-order valence-corrected chi connectivity index (χ2v) is 5.59. The van der Waals surface area contributed by atoms with Gasteiger partial charge in [-0.1, -0.05) is 26.8 Å². The second-order valence-electron chi connectivity index (χ2n) is 5.59. The highest BCUT2D eigenvalue weighted by molar-refractivity contribution is 5.82. The summed E-state index contributed by atoms with van der Waals surface area (Å²) in [7, 11) is 0. The van der Waals surface area contributed by atoms with Crippen molar-refractivity contribution in [2.75, 3.05) is 6.61 Å². The summed E-state index contributed by atoms with van der Waals surface area (Å²) in [5.74, 6) is 0.394. The van der Waals surface area contributed by atoms with E-state index < -0.39 is 0 Å². The summed E-state index contributed by atoms with van der Waals surface area (Å²) >= 11 is 0. The molecule has 0 amide bonds. The number of fused-ring (bicyclic) bond motifs is 1. The van der Waals surface area contributed by atoms with Crippen LogP contribution >= 0.6 is 0 Å². The van der Waals surface area contributed by atoms with Crippen LogP contribution in [-0.2, 0) is 22.5 Å². The van der Waals surface area contributed by atoms with Gasteiger partial charge in [0.2, 0.25) is 0 Å². The van der Waals surface area contributed by atoms with Gasteiger partial charge < -0.3 is 9.30 Å². The molecular formula is C17H23NO2. The van der Waals surface area contributed by atoms with E-state index in [1.165, 1.54) is 10.9 Å². The first kappa shape index (κ1) is 14.6. The zero-order valence-corrected chi connectivity index (χ0v) is 12.6. The maximum Gasteiger partial charge on any atom is 0.325 e. The van der Waals surface area contributed by atoms with Gasteiger partial charge in [-0.25, -0.2) is 0 Å². The predicted molar refractivity (Wildman–Crippen MR) is 81.7 cm³/mol. The molecule has 1 aromatic carbocycles. The van der Waals surface area contributed by atoms with E-state index >= 15 is 0 Å². The number of rotatable bonds is 6. The van der Waals surface area contributed by atoms with Gasteiger partial charge >= 0.3 is 5.97 Å². The van der Waals surface area contributed by atoms with E-state index in [1.54, 1.807) is 0 Å². The molecule has 0 aliphatic carbocycles. The Bertz CT molecular complexity index is 584.